The van der Waals surface area contributed by atoms with E-state index in [-0.39, 0.29) is 35.2 Å². The molecule has 0 saturated carbocycles. The van der Waals surface area contributed by atoms with Crippen molar-refractivity contribution >= 4 is 32.5 Å². The Labute approximate surface area is 197 Å². The van der Waals surface area contributed by atoms with Crippen LogP contribution in [-0.2, 0) is 16.4 Å². The lowest BCUT2D eigenvalue weighted by molar-refractivity contribution is 0.0975. The zero-order valence-corrected chi connectivity index (χ0v) is 19.9. The molecule has 0 unspecified atom stereocenters. The molecule has 34 heavy (non-hydrogen) atoms. The SMILES string of the molecule is COc1c2nc(c3cccnc13)N(C)S(=O)(=O)CCCCCOc1cc(F)ccc1CCC2=O. The fourth-order valence-corrected chi connectivity index (χ4v) is 5.21. The molecule has 1 aliphatic rings. The van der Waals surface area contributed by atoms with Crippen LogP contribution in [0.5, 0.6) is 11.5 Å². The molecule has 0 saturated heterocycles. The molecule has 3 heterocycles. The summed E-state index contributed by atoms with van der Waals surface area (Å²) >= 11 is 0. The Morgan fingerprint density at radius 2 is 1.97 bits per heavy atom. The van der Waals surface area contributed by atoms with Gasteiger partial charge in [-0.05, 0) is 49.4 Å². The Kier molecular flexibility index (Phi) is 6.97. The van der Waals surface area contributed by atoms with Crippen LogP contribution in [0.25, 0.3) is 10.9 Å². The van der Waals surface area contributed by atoms with E-state index in [1.165, 1.54) is 26.3 Å². The number of halogens is 1. The highest BCUT2D eigenvalue weighted by Gasteiger charge is 2.27. The maximum atomic E-state index is 13.8. The summed E-state index contributed by atoms with van der Waals surface area (Å²) in [6.07, 6.45) is 3.55. The molecule has 0 aliphatic carbocycles. The Morgan fingerprint density at radius 3 is 2.76 bits per heavy atom. The van der Waals surface area contributed by atoms with Crippen molar-refractivity contribution in [2.45, 2.75) is 32.1 Å². The fraction of sp³-hybridized carbons (Fsp3) is 0.375. The molecule has 2 aromatic heterocycles. The van der Waals surface area contributed by atoms with Gasteiger partial charge in [-0.1, -0.05) is 6.07 Å². The normalized spacial score (nSPS) is 17.1. The van der Waals surface area contributed by atoms with Gasteiger partial charge in [-0.2, -0.15) is 0 Å². The molecule has 8 nitrogen and oxygen atoms in total. The third kappa shape index (κ3) is 4.82. The van der Waals surface area contributed by atoms with Crippen molar-refractivity contribution in [2.75, 3.05) is 30.8 Å². The van der Waals surface area contributed by atoms with Crippen molar-refractivity contribution in [3.63, 3.8) is 0 Å². The summed E-state index contributed by atoms with van der Waals surface area (Å²) in [7, 11) is -0.857. The van der Waals surface area contributed by atoms with Crippen molar-refractivity contribution in [1.82, 2.24) is 9.97 Å². The summed E-state index contributed by atoms with van der Waals surface area (Å²) in [5, 5.41) is 0.470. The first kappa shape index (κ1) is 23.9. The number of benzene rings is 1. The molecule has 0 radical (unpaired) electrons. The number of carbonyl (C=O) groups is 1. The molecular formula is C24H26FN3O5S. The minimum atomic E-state index is -3.71. The van der Waals surface area contributed by atoms with E-state index in [1.54, 1.807) is 24.4 Å². The van der Waals surface area contributed by atoms with Gasteiger partial charge < -0.3 is 9.47 Å². The van der Waals surface area contributed by atoms with E-state index in [0.717, 1.165) is 4.31 Å². The molecule has 10 heteroatoms. The fourth-order valence-electron chi connectivity index (χ4n) is 3.97. The third-order valence-electron chi connectivity index (χ3n) is 5.84. The predicted octanol–water partition coefficient (Wildman–Crippen LogP) is 3.92. The Balaban J connectivity index is 1.84. The highest BCUT2D eigenvalue weighted by Crippen LogP contribution is 2.35. The predicted molar refractivity (Wildman–Crippen MR) is 127 cm³/mol. The summed E-state index contributed by atoms with van der Waals surface area (Å²) in [5.41, 5.74) is 1.06. The van der Waals surface area contributed by atoms with Crippen LogP contribution in [-0.4, -0.2) is 50.7 Å². The van der Waals surface area contributed by atoms with Crippen LogP contribution < -0.4 is 13.8 Å². The number of nitrogens with zero attached hydrogens (tertiary/aromatic N) is 3. The van der Waals surface area contributed by atoms with E-state index in [2.05, 4.69) is 9.97 Å². The summed E-state index contributed by atoms with van der Waals surface area (Å²) < 4.78 is 52.3. The second kappa shape index (κ2) is 9.92. The van der Waals surface area contributed by atoms with Crippen LogP contribution >= 0.6 is 0 Å². The maximum absolute atomic E-state index is 13.8. The zero-order chi connectivity index (χ0) is 24.3. The lowest BCUT2D eigenvalue weighted by Gasteiger charge is -2.22. The van der Waals surface area contributed by atoms with Crippen molar-refractivity contribution in [1.29, 1.82) is 0 Å². The first-order valence-corrected chi connectivity index (χ1v) is 12.7. The number of fused-ring (bicyclic) bond motifs is 5. The molecule has 2 bridgehead atoms. The summed E-state index contributed by atoms with van der Waals surface area (Å²) in [6, 6.07) is 7.63. The quantitative estimate of drug-likeness (QED) is 0.513. The smallest absolute Gasteiger partial charge is 0.236 e. The molecular weight excluding hydrogens is 461 g/mol. The summed E-state index contributed by atoms with van der Waals surface area (Å²) in [6.45, 7) is 0.324. The van der Waals surface area contributed by atoms with Gasteiger partial charge in [-0.3, -0.25) is 14.1 Å². The number of rotatable bonds is 1. The second-order valence-corrected chi connectivity index (χ2v) is 10.2. The van der Waals surface area contributed by atoms with Crippen molar-refractivity contribution in [3.05, 3.63) is 53.6 Å². The van der Waals surface area contributed by atoms with E-state index in [0.29, 0.717) is 54.5 Å². The van der Waals surface area contributed by atoms with Gasteiger partial charge in [0.2, 0.25) is 10.0 Å². The lowest BCUT2D eigenvalue weighted by atomic mass is 10.0. The van der Waals surface area contributed by atoms with Crippen LogP contribution in [0.2, 0.25) is 0 Å². The van der Waals surface area contributed by atoms with E-state index in [9.17, 15) is 17.6 Å². The van der Waals surface area contributed by atoms with Crippen LogP contribution in [0.3, 0.4) is 0 Å². The number of Topliss-reactive ketones (excluding diaryl/α,β-unsaturated/α-hetero) is 1. The van der Waals surface area contributed by atoms with Crippen molar-refractivity contribution < 1.29 is 27.1 Å². The van der Waals surface area contributed by atoms with E-state index in [1.807, 2.05) is 0 Å². The minimum absolute atomic E-state index is 0.00224. The van der Waals surface area contributed by atoms with Gasteiger partial charge in [0.15, 0.2) is 23.0 Å². The second-order valence-electron chi connectivity index (χ2n) is 8.08. The number of aryl methyl sites for hydroxylation is 1. The lowest BCUT2D eigenvalue weighted by Crippen LogP contribution is -2.30. The monoisotopic (exact) mass is 487 g/mol. The molecule has 3 aromatic rings. The maximum Gasteiger partial charge on any atom is 0.236 e. The van der Waals surface area contributed by atoms with Gasteiger partial charge >= 0.3 is 0 Å². The number of hydrogen-bond donors (Lipinski definition) is 0. The number of pyridine rings is 2. The Bertz CT molecular complexity index is 1330. The van der Waals surface area contributed by atoms with Crippen LogP contribution in [0, 0.1) is 5.82 Å². The van der Waals surface area contributed by atoms with E-state index >= 15 is 0 Å². The Morgan fingerprint density at radius 1 is 1.15 bits per heavy atom. The molecule has 180 valence electrons. The van der Waals surface area contributed by atoms with Gasteiger partial charge in [0.25, 0.3) is 0 Å². The zero-order valence-electron chi connectivity index (χ0n) is 19.1. The van der Waals surface area contributed by atoms with Gasteiger partial charge in [0, 0.05) is 31.1 Å². The average Bonchev–Trinajstić information content (AvgIpc) is 2.83. The number of hydrogen-bond acceptors (Lipinski definition) is 7. The van der Waals surface area contributed by atoms with Gasteiger partial charge in [-0.25, -0.2) is 17.8 Å². The van der Waals surface area contributed by atoms with Gasteiger partial charge in [0.1, 0.15) is 17.1 Å². The number of ketones is 1. The number of methoxy groups -OCH3 is 1. The first-order chi connectivity index (χ1) is 16.3. The summed E-state index contributed by atoms with van der Waals surface area (Å²) in [4.78, 5) is 22.1. The van der Waals surface area contributed by atoms with E-state index in [4.69, 9.17) is 9.47 Å². The van der Waals surface area contributed by atoms with Crippen LogP contribution in [0.1, 0.15) is 41.7 Å². The number of ether oxygens (including phenoxy) is 2. The highest BCUT2D eigenvalue weighted by atomic mass is 32.2. The minimum Gasteiger partial charge on any atom is -0.493 e. The number of aromatic nitrogens is 2. The number of carbonyl (C=O) groups excluding carboxylic acids is 1. The molecule has 0 atom stereocenters. The third-order valence-corrected chi connectivity index (χ3v) is 7.65. The largest absolute Gasteiger partial charge is 0.493 e. The average molecular weight is 488 g/mol. The van der Waals surface area contributed by atoms with Crippen LogP contribution in [0.4, 0.5) is 10.2 Å². The van der Waals surface area contributed by atoms with E-state index < -0.39 is 15.8 Å². The molecule has 0 N–H and O–H groups in total. The molecule has 0 spiro atoms. The van der Waals surface area contributed by atoms with Gasteiger partial charge in [0.05, 0.1) is 19.5 Å². The standard InChI is InChI=1S/C24H26FN3O5S/c1-28-24-18-7-6-12-26-21(18)23(32-2)22(27-24)19(29)11-9-16-8-10-17(25)15-20(16)33-13-4-3-5-14-34(28,30)31/h6-8,10,12,15H,3-5,9,11,13-14H2,1-2H3. The molecule has 0 amide bonds. The molecule has 1 aliphatic heterocycles. The molecule has 0 fully saturated rings. The Hall–Kier alpha value is -3.27. The molecule has 4 rings (SSSR count). The topological polar surface area (TPSA) is 98.7 Å². The highest BCUT2D eigenvalue weighted by molar-refractivity contribution is 7.92. The van der Waals surface area contributed by atoms with Crippen LogP contribution in [0.15, 0.2) is 36.5 Å². The van der Waals surface area contributed by atoms with Crippen molar-refractivity contribution in [3.8, 4) is 11.5 Å². The number of anilines is 1. The number of sulfonamides is 1. The summed E-state index contributed by atoms with van der Waals surface area (Å²) in [5.74, 6) is -0.168. The van der Waals surface area contributed by atoms with Crippen molar-refractivity contribution in [2.24, 2.45) is 0 Å². The first-order valence-electron chi connectivity index (χ1n) is 11.1. The molecule has 1 aromatic carbocycles. The van der Waals surface area contributed by atoms with Gasteiger partial charge in [-0.15, -0.1) is 0 Å².